The third-order valence-corrected chi connectivity index (χ3v) is 2.99. The van der Waals surface area contributed by atoms with Gasteiger partial charge in [-0.15, -0.1) is 24.8 Å². The molecular formula is C11H13Cl3N2O3. The fraction of sp³-hybridized carbons (Fsp3) is 0.364. The lowest BCUT2D eigenvalue weighted by molar-refractivity contribution is -0.141. The molecule has 5 nitrogen and oxygen atoms in total. The van der Waals surface area contributed by atoms with Crippen molar-refractivity contribution in [3.8, 4) is 0 Å². The standard InChI is InChI=1S/C11H11ClN2O3.2ClH/c12-8-1-2-9(13-5-8)10(15)14-4-3-7(6-14)11(16)17;;/h1-2,5,7H,3-4,6H2,(H,16,17);2*1H. The lowest BCUT2D eigenvalue weighted by Gasteiger charge is -2.14. The topological polar surface area (TPSA) is 70.5 Å². The van der Waals surface area contributed by atoms with E-state index < -0.39 is 11.9 Å². The number of pyridine rings is 1. The molecule has 0 spiro atoms. The van der Waals surface area contributed by atoms with Crippen LogP contribution in [0.1, 0.15) is 16.9 Å². The van der Waals surface area contributed by atoms with E-state index in [1.165, 1.54) is 11.1 Å². The van der Waals surface area contributed by atoms with Gasteiger partial charge in [0, 0.05) is 19.3 Å². The third kappa shape index (κ3) is 4.23. The van der Waals surface area contributed by atoms with Crippen molar-refractivity contribution in [2.45, 2.75) is 6.42 Å². The van der Waals surface area contributed by atoms with Crippen LogP contribution in [-0.4, -0.2) is 40.0 Å². The van der Waals surface area contributed by atoms with Crippen molar-refractivity contribution >= 4 is 48.3 Å². The van der Waals surface area contributed by atoms with Gasteiger partial charge >= 0.3 is 5.97 Å². The van der Waals surface area contributed by atoms with Crippen LogP contribution in [0.3, 0.4) is 0 Å². The van der Waals surface area contributed by atoms with Gasteiger partial charge in [0.05, 0.1) is 10.9 Å². The number of aliphatic carboxylic acids is 1. The summed E-state index contributed by atoms with van der Waals surface area (Å²) in [5, 5.41) is 9.31. The quantitative estimate of drug-likeness (QED) is 0.903. The second-order valence-corrected chi connectivity index (χ2v) is 4.37. The fourth-order valence-electron chi connectivity index (χ4n) is 1.81. The first-order valence-electron chi connectivity index (χ1n) is 5.21. The first-order chi connectivity index (χ1) is 8.08. The zero-order chi connectivity index (χ0) is 12.4. The summed E-state index contributed by atoms with van der Waals surface area (Å²) in [5.74, 6) is -1.57. The minimum absolute atomic E-state index is 0. The van der Waals surface area contributed by atoms with Crippen LogP contribution in [0.2, 0.25) is 5.02 Å². The molecule has 1 aliphatic heterocycles. The Morgan fingerprint density at radius 1 is 1.37 bits per heavy atom. The Morgan fingerprint density at radius 2 is 2.05 bits per heavy atom. The lowest BCUT2D eigenvalue weighted by atomic mass is 10.1. The Hall–Kier alpha value is -1.04. The summed E-state index contributed by atoms with van der Waals surface area (Å²) in [6.07, 6.45) is 1.90. The van der Waals surface area contributed by atoms with Crippen molar-refractivity contribution in [1.29, 1.82) is 0 Å². The minimum Gasteiger partial charge on any atom is -0.481 e. The first-order valence-corrected chi connectivity index (χ1v) is 5.59. The molecule has 2 rings (SSSR count). The maximum absolute atomic E-state index is 12.0. The van der Waals surface area contributed by atoms with E-state index in [0.29, 0.717) is 23.7 Å². The zero-order valence-electron chi connectivity index (χ0n) is 9.78. The normalized spacial score (nSPS) is 17.3. The Labute approximate surface area is 127 Å². The number of carboxylic acid groups (broad SMARTS) is 1. The summed E-state index contributed by atoms with van der Waals surface area (Å²) >= 11 is 5.68. The van der Waals surface area contributed by atoms with E-state index >= 15 is 0 Å². The summed E-state index contributed by atoms with van der Waals surface area (Å²) in [7, 11) is 0. The molecule has 1 aliphatic rings. The van der Waals surface area contributed by atoms with Gasteiger partial charge in [0.25, 0.3) is 5.91 Å². The van der Waals surface area contributed by atoms with Crippen molar-refractivity contribution in [2.24, 2.45) is 5.92 Å². The molecule has 0 bridgehead atoms. The van der Waals surface area contributed by atoms with Gasteiger partial charge in [0.2, 0.25) is 0 Å². The van der Waals surface area contributed by atoms with Crippen molar-refractivity contribution in [3.63, 3.8) is 0 Å². The molecule has 1 fully saturated rings. The summed E-state index contributed by atoms with van der Waals surface area (Å²) in [5.41, 5.74) is 0.292. The fourth-order valence-corrected chi connectivity index (χ4v) is 1.92. The number of halogens is 3. The van der Waals surface area contributed by atoms with E-state index in [0.717, 1.165) is 0 Å². The number of nitrogens with zero attached hydrogens (tertiary/aromatic N) is 2. The van der Waals surface area contributed by atoms with Gasteiger partial charge in [-0.1, -0.05) is 11.6 Å². The molecule has 0 saturated carbocycles. The highest BCUT2D eigenvalue weighted by molar-refractivity contribution is 6.30. The Bertz CT molecular complexity index is 453. The van der Waals surface area contributed by atoms with Crippen molar-refractivity contribution in [1.82, 2.24) is 9.88 Å². The van der Waals surface area contributed by atoms with Crippen LogP contribution in [0.5, 0.6) is 0 Å². The van der Waals surface area contributed by atoms with Crippen LogP contribution in [0, 0.1) is 5.92 Å². The van der Waals surface area contributed by atoms with Crippen molar-refractivity contribution < 1.29 is 14.7 Å². The van der Waals surface area contributed by atoms with E-state index in [1.807, 2.05) is 0 Å². The van der Waals surface area contributed by atoms with Crippen LogP contribution < -0.4 is 0 Å². The van der Waals surface area contributed by atoms with Crippen LogP contribution in [0.4, 0.5) is 0 Å². The predicted molar refractivity (Wildman–Crippen MR) is 75.4 cm³/mol. The number of amides is 1. The second-order valence-electron chi connectivity index (χ2n) is 3.94. The smallest absolute Gasteiger partial charge is 0.308 e. The van der Waals surface area contributed by atoms with Gasteiger partial charge in [0.15, 0.2) is 0 Å². The number of likely N-dealkylation sites (tertiary alicyclic amines) is 1. The number of hydrogen-bond acceptors (Lipinski definition) is 3. The van der Waals surface area contributed by atoms with Gasteiger partial charge in [-0.3, -0.25) is 9.59 Å². The SMILES string of the molecule is Cl.Cl.O=C(O)C1CCN(C(=O)c2ccc(Cl)cn2)C1. The predicted octanol–water partition coefficient (Wildman–Crippen LogP) is 2.13. The Kier molecular flexibility index (Phi) is 7.11. The zero-order valence-corrected chi connectivity index (χ0v) is 12.2. The highest BCUT2D eigenvalue weighted by atomic mass is 35.5. The van der Waals surface area contributed by atoms with Gasteiger partial charge in [0.1, 0.15) is 5.69 Å². The molecule has 1 unspecified atom stereocenters. The lowest BCUT2D eigenvalue weighted by Crippen LogP contribution is -2.30. The summed E-state index contributed by atoms with van der Waals surface area (Å²) in [4.78, 5) is 28.2. The van der Waals surface area contributed by atoms with E-state index in [9.17, 15) is 9.59 Å². The molecule has 1 aromatic rings. The number of carbonyl (C=O) groups excluding carboxylic acids is 1. The van der Waals surface area contributed by atoms with E-state index in [-0.39, 0.29) is 37.3 Å². The van der Waals surface area contributed by atoms with Crippen LogP contribution in [0.15, 0.2) is 18.3 Å². The second kappa shape index (κ2) is 7.53. The number of carboxylic acids is 1. The minimum atomic E-state index is -0.857. The summed E-state index contributed by atoms with van der Waals surface area (Å²) in [6.45, 7) is 0.707. The van der Waals surface area contributed by atoms with Crippen LogP contribution in [-0.2, 0) is 4.79 Å². The molecule has 1 amide bonds. The molecule has 1 saturated heterocycles. The van der Waals surface area contributed by atoms with Gasteiger partial charge in [-0.25, -0.2) is 4.98 Å². The molecule has 106 valence electrons. The molecule has 1 N–H and O–H groups in total. The van der Waals surface area contributed by atoms with E-state index in [1.54, 1.807) is 12.1 Å². The van der Waals surface area contributed by atoms with Gasteiger partial charge < -0.3 is 10.0 Å². The maximum atomic E-state index is 12.0. The molecule has 0 radical (unpaired) electrons. The molecule has 0 aliphatic carbocycles. The number of hydrogen-bond donors (Lipinski definition) is 1. The van der Waals surface area contributed by atoms with Crippen molar-refractivity contribution in [3.05, 3.63) is 29.0 Å². The van der Waals surface area contributed by atoms with Gasteiger partial charge in [-0.2, -0.15) is 0 Å². The molecule has 1 aromatic heterocycles. The summed E-state index contributed by atoms with van der Waals surface area (Å²) < 4.78 is 0. The number of aromatic nitrogens is 1. The largest absolute Gasteiger partial charge is 0.481 e. The van der Waals surface area contributed by atoms with E-state index in [2.05, 4.69) is 4.98 Å². The highest BCUT2D eigenvalue weighted by Crippen LogP contribution is 2.18. The summed E-state index contributed by atoms with van der Waals surface area (Å²) in [6, 6.07) is 3.13. The molecule has 0 aromatic carbocycles. The Balaban J connectivity index is 0.00000162. The molecular weight excluding hydrogens is 314 g/mol. The monoisotopic (exact) mass is 326 g/mol. The van der Waals surface area contributed by atoms with E-state index in [4.69, 9.17) is 16.7 Å². The molecule has 2 heterocycles. The average molecular weight is 328 g/mol. The maximum Gasteiger partial charge on any atom is 0.308 e. The first kappa shape index (κ1) is 18.0. The highest BCUT2D eigenvalue weighted by Gasteiger charge is 2.31. The molecule has 19 heavy (non-hydrogen) atoms. The molecule has 1 atom stereocenters. The Morgan fingerprint density at radius 3 is 2.53 bits per heavy atom. The van der Waals surface area contributed by atoms with Crippen LogP contribution in [0.25, 0.3) is 0 Å². The third-order valence-electron chi connectivity index (χ3n) is 2.77. The van der Waals surface area contributed by atoms with Crippen molar-refractivity contribution in [2.75, 3.05) is 13.1 Å². The number of carbonyl (C=O) groups is 2. The van der Waals surface area contributed by atoms with Crippen LogP contribution >= 0.6 is 36.4 Å². The number of rotatable bonds is 2. The molecule has 8 heteroatoms. The van der Waals surface area contributed by atoms with Gasteiger partial charge in [-0.05, 0) is 18.6 Å². The average Bonchev–Trinajstić information content (AvgIpc) is 2.78.